The van der Waals surface area contributed by atoms with Gasteiger partial charge < -0.3 is 14.2 Å². The van der Waals surface area contributed by atoms with E-state index in [4.69, 9.17) is 17.0 Å². The summed E-state index contributed by atoms with van der Waals surface area (Å²) >= 11 is 5.65. The molecule has 0 bridgehead atoms. The molecule has 1 aliphatic heterocycles. The van der Waals surface area contributed by atoms with Gasteiger partial charge in [-0.2, -0.15) is 0 Å². The SMILES string of the molecule is CCc1ccc(N2C(=O)/C(=C/c3cc(C)n(-c4cccnc4)c3C)N(CC(=O)OC)C2=S)cc1. The first kappa shape index (κ1) is 23.4. The van der Waals surface area contributed by atoms with Crippen LogP contribution in [0.1, 0.15) is 29.4 Å². The molecule has 2 aromatic heterocycles. The summed E-state index contributed by atoms with van der Waals surface area (Å²) in [6.45, 7) is 5.90. The summed E-state index contributed by atoms with van der Waals surface area (Å²) in [6.07, 6.45) is 6.20. The second kappa shape index (κ2) is 9.61. The predicted molar refractivity (Wildman–Crippen MR) is 136 cm³/mol. The Kier molecular flexibility index (Phi) is 6.61. The maximum atomic E-state index is 13.6. The van der Waals surface area contributed by atoms with Crippen LogP contribution in [0.5, 0.6) is 0 Å². The third-order valence-corrected chi connectivity index (χ3v) is 6.32. The Morgan fingerprint density at radius 2 is 1.88 bits per heavy atom. The Balaban J connectivity index is 1.79. The molecule has 3 heterocycles. The van der Waals surface area contributed by atoms with E-state index in [0.717, 1.165) is 34.6 Å². The Bertz CT molecular complexity index is 1280. The van der Waals surface area contributed by atoms with Gasteiger partial charge in [-0.3, -0.25) is 19.5 Å². The molecule has 0 spiro atoms. The van der Waals surface area contributed by atoms with Gasteiger partial charge in [-0.25, -0.2) is 0 Å². The van der Waals surface area contributed by atoms with E-state index in [9.17, 15) is 9.59 Å². The number of carbonyl (C=O) groups excluding carboxylic acids is 2. The third-order valence-electron chi connectivity index (χ3n) is 5.92. The number of anilines is 1. The summed E-state index contributed by atoms with van der Waals surface area (Å²) in [5.74, 6) is -0.769. The molecule has 1 saturated heterocycles. The Labute approximate surface area is 204 Å². The van der Waals surface area contributed by atoms with Crippen LogP contribution in [0.3, 0.4) is 0 Å². The molecule has 174 valence electrons. The van der Waals surface area contributed by atoms with Gasteiger partial charge in [0.05, 0.1) is 24.7 Å². The molecule has 0 N–H and O–H groups in total. The summed E-state index contributed by atoms with van der Waals surface area (Å²) in [5, 5.41) is 0.243. The molecule has 0 aliphatic carbocycles. The number of ether oxygens (including phenoxy) is 1. The molecule has 4 rings (SSSR count). The predicted octanol–water partition coefficient (Wildman–Crippen LogP) is 4.20. The summed E-state index contributed by atoms with van der Waals surface area (Å²) in [7, 11) is 1.31. The largest absolute Gasteiger partial charge is 0.468 e. The molecule has 1 fully saturated rings. The fourth-order valence-electron chi connectivity index (χ4n) is 4.10. The Hall–Kier alpha value is -3.78. The number of rotatable bonds is 6. The fourth-order valence-corrected chi connectivity index (χ4v) is 4.45. The quantitative estimate of drug-likeness (QED) is 0.303. The lowest BCUT2D eigenvalue weighted by Gasteiger charge is -2.19. The van der Waals surface area contributed by atoms with E-state index in [0.29, 0.717) is 11.4 Å². The van der Waals surface area contributed by atoms with Crippen molar-refractivity contribution in [3.05, 3.63) is 83.1 Å². The lowest BCUT2D eigenvalue weighted by molar-refractivity contribution is -0.140. The Morgan fingerprint density at radius 3 is 2.50 bits per heavy atom. The first-order chi connectivity index (χ1) is 16.3. The van der Waals surface area contributed by atoms with Crippen molar-refractivity contribution in [2.75, 3.05) is 18.6 Å². The van der Waals surface area contributed by atoms with E-state index in [2.05, 4.69) is 16.5 Å². The summed E-state index contributed by atoms with van der Waals surface area (Å²) < 4.78 is 6.93. The number of hydrogen-bond acceptors (Lipinski definition) is 5. The number of hydrogen-bond donors (Lipinski definition) is 0. The highest BCUT2D eigenvalue weighted by molar-refractivity contribution is 7.80. The van der Waals surface area contributed by atoms with Crippen molar-refractivity contribution in [3.63, 3.8) is 0 Å². The molecule has 1 aromatic carbocycles. The molecule has 3 aromatic rings. The highest BCUT2D eigenvalue weighted by Crippen LogP contribution is 2.31. The van der Waals surface area contributed by atoms with Crippen LogP contribution in [0.15, 0.2) is 60.6 Å². The van der Waals surface area contributed by atoms with Crippen molar-refractivity contribution >= 4 is 41.0 Å². The summed E-state index contributed by atoms with van der Waals surface area (Å²) in [4.78, 5) is 33.0. The van der Waals surface area contributed by atoms with Gasteiger partial charge in [0.1, 0.15) is 12.2 Å². The number of pyridine rings is 1. The van der Waals surface area contributed by atoms with Crippen molar-refractivity contribution < 1.29 is 14.3 Å². The van der Waals surface area contributed by atoms with E-state index in [-0.39, 0.29) is 17.6 Å². The molecule has 1 aliphatic rings. The maximum absolute atomic E-state index is 13.6. The average Bonchev–Trinajstić information content (AvgIpc) is 3.26. The van der Waals surface area contributed by atoms with Crippen LogP contribution in [-0.4, -0.2) is 45.1 Å². The first-order valence-corrected chi connectivity index (χ1v) is 11.4. The van der Waals surface area contributed by atoms with Gasteiger partial charge >= 0.3 is 5.97 Å². The van der Waals surface area contributed by atoms with Gasteiger partial charge in [0.2, 0.25) is 0 Å². The minimum Gasteiger partial charge on any atom is -0.468 e. The van der Waals surface area contributed by atoms with E-state index >= 15 is 0 Å². The van der Waals surface area contributed by atoms with Crippen LogP contribution in [0.4, 0.5) is 5.69 Å². The van der Waals surface area contributed by atoms with Crippen molar-refractivity contribution in [1.82, 2.24) is 14.5 Å². The van der Waals surface area contributed by atoms with Crippen LogP contribution in [-0.2, 0) is 20.7 Å². The van der Waals surface area contributed by atoms with E-state index < -0.39 is 5.97 Å². The van der Waals surface area contributed by atoms with Crippen molar-refractivity contribution in [1.29, 1.82) is 0 Å². The van der Waals surface area contributed by atoms with Gasteiger partial charge in [-0.05, 0) is 80.0 Å². The lowest BCUT2D eigenvalue weighted by Crippen LogP contribution is -2.35. The number of methoxy groups -OCH3 is 1. The lowest BCUT2D eigenvalue weighted by atomic mass is 10.1. The molecule has 0 radical (unpaired) electrons. The second-order valence-corrected chi connectivity index (χ2v) is 8.37. The monoisotopic (exact) mass is 474 g/mol. The number of esters is 1. The second-order valence-electron chi connectivity index (χ2n) is 8.01. The molecule has 0 atom stereocenters. The third kappa shape index (κ3) is 4.24. The van der Waals surface area contributed by atoms with Crippen LogP contribution in [0.2, 0.25) is 0 Å². The van der Waals surface area contributed by atoms with Gasteiger partial charge in [-0.1, -0.05) is 19.1 Å². The zero-order valence-electron chi connectivity index (χ0n) is 19.6. The van der Waals surface area contributed by atoms with E-state index in [1.54, 1.807) is 18.5 Å². The summed E-state index contributed by atoms with van der Waals surface area (Å²) in [5.41, 5.74) is 5.86. The molecule has 1 amide bonds. The average molecular weight is 475 g/mol. The zero-order valence-corrected chi connectivity index (χ0v) is 20.4. The number of aromatic nitrogens is 2. The highest BCUT2D eigenvalue weighted by Gasteiger charge is 2.40. The smallest absolute Gasteiger partial charge is 0.325 e. The number of benzene rings is 1. The molecule has 7 nitrogen and oxygen atoms in total. The number of amides is 1. The van der Waals surface area contributed by atoms with Gasteiger partial charge in [0.15, 0.2) is 5.11 Å². The normalized spacial score (nSPS) is 14.9. The number of carbonyl (C=O) groups is 2. The minimum atomic E-state index is -0.481. The van der Waals surface area contributed by atoms with Crippen molar-refractivity contribution in [2.24, 2.45) is 0 Å². The zero-order chi connectivity index (χ0) is 24.4. The van der Waals surface area contributed by atoms with E-state index in [1.165, 1.54) is 16.9 Å². The molecule has 0 unspecified atom stereocenters. The van der Waals surface area contributed by atoms with Gasteiger partial charge in [0, 0.05) is 17.6 Å². The first-order valence-electron chi connectivity index (χ1n) is 11.0. The molecular formula is C26H26N4O3S. The number of thiocarbonyl (C=S) groups is 1. The standard InChI is InChI=1S/C26H26N4O3S/c1-5-19-8-10-21(11-9-19)30-25(32)23(28(26(30)34)16-24(31)33-4)14-20-13-17(2)29(18(20)3)22-7-6-12-27-15-22/h6-15H,5,16H2,1-4H3/b23-14-. The molecular weight excluding hydrogens is 448 g/mol. The van der Waals surface area contributed by atoms with Crippen molar-refractivity contribution in [3.8, 4) is 5.69 Å². The minimum absolute atomic E-state index is 0.155. The number of aryl methyl sites for hydroxylation is 2. The van der Waals surface area contributed by atoms with Crippen LogP contribution < -0.4 is 4.90 Å². The van der Waals surface area contributed by atoms with Crippen molar-refractivity contribution in [2.45, 2.75) is 27.2 Å². The number of nitrogens with zero attached hydrogens (tertiary/aromatic N) is 4. The van der Waals surface area contributed by atoms with Crippen LogP contribution >= 0.6 is 12.2 Å². The Morgan fingerprint density at radius 1 is 1.15 bits per heavy atom. The fraction of sp³-hybridized carbons (Fsp3) is 0.231. The van der Waals surface area contributed by atoms with Gasteiger partial charge in [-0.15, -0.1) is 0 Å². The van der Waals surface area contributed by atoms with E-state index in [1.807, 2.05) is 56.3 Å². The molecule has 0 saturated carbocycles. The molecule has 8 heteroatoms. The maximum Gasteiger partial charge on any atom is 0.325 e. The highest BCUT2D eigenvalue weighted by atomic mass is 32.1. The van der Waals surface area contributed by atoms with Gasteiger partial charge in [0.25, 0.3) is 5.91 Å². The van der Waals surface area contributed by atoms with Crippen LogP contribution in [0, 0.1) is 13.8 Å². The van der Waals surface area contributed by atoms with Crippen LogP contribution in [0.25, 0.3) is 11.8 Å². The molecule has 34 heavy (non-hydrogen) atoms. The topological polar surface area (TPSA) is 67.7 Å². The summed E-state index contributed by atoms with van der Waals surface area (Å²) in [6, 6.07) is 13.5.